The second-order valence-electron chi connectivity index (χ2n) is 8.13. The molecule has 36 heavy (non-hydrogen) atoms. The molecule has 8 nitrogen and oxygen atoms in total. The molecule has 190 valence electrons. The van der Waals surface area contributed by atoms with E-state index in [1.807, 2.05) is 18.2 Å². The fourth-order valence-corrected chi connectivity index (χ4v) is 3.65. The van der Waals surface area contributed by atoms with Crippen molar-refractivity contribution in [3.05, 3.63) is 89.7 Å². The standard InChI is InChI=1S/C27H31FN4O4/c1-3-6-21(12-14-29-15-16-35-19-22-7-4-5-13-30-22)25-10-8-23(9-11-26(25)28)32-18-24(36-27(32)34)17-31-20(2)33/h3-10,13-14,24H,1,11-12,15-19H2,2H3,(H,31,33)/b21-6+,29-14?. The number of halogens is 1. The van der Waals surface area contributed by atoms with Crippen molar-refractivity contribution in [1.82, 2.24) is 15.2 Å². The number of carbonyl (C=O) groups is 2. The predicted octanol–water partition coefficient (Wildman–Crippen LogP) is 4.20. The summed E-state index contributed by atoms with van der Waals surface area (Å²) in [6, 6.07) is 5.66. The largest absolute Gasteiger partial charge is 0.442 e. The molecule has 1 aliphatic heterocycles. The summed E-state index contributed by atoms with van der Waals surface area (Å²) in [5.41, 5.74) is 2.56. The highest BCUT2D eigenvalue weighted by Crippen LogP contribution is 2.29. The van der Waals surface area contributed by atoms with Gasteiger partial charge in [-0.25, -0.2) is 9.18 Å². The number of amides is 2. The number of pyridine rings is 1. The monoisotopic (exact) mass is 494 g/mol. The van der Waals surface area contributed by atoms with E-state index in [0.717, 1.165) is 11.3 Å². The van der Waals surface area contributed by atoms with E-state index in [9.17, 15) is 9.59 Å². The Labute approximate surface area is 210 Å². The van der Waals surface area contributed by atoms with E-state index in [0.29, 0.717) is 37.4 Å². The van der Waals surface area contributed by atoms with Gasteiger partial charge < -0.3 is 14.8 Å². The van der Waals surface area contributed by atoms with Crippen molar-refractivity contribution in [2.24, 2.45) is 4.99 Å². The highest BCUT2D eigenvalue weighted by molar-refractivity contribution is 5.75. The third-order valence-electron chi connectivity index (χ3n) is 5.41. The van der Waals surface area contributed by atoms with Gasteiger partial charge in [-0.15, -0.1) is 0 Å². The van der Waals surface area contributed by atoms with Gasteiger partial charge in [0.2, 0.25) is 5.91 Å². The SMILES string of the molecule is C=C/C=C(\CC=NCCOCc1ccccn1)C1=C(F)CC=C(N2CC(CNC(C)=O)OC2=O)C=C1. The lowest BCUT2D eigenvalue weighted by Crippen LogP contribution is -2.33. The summed E-state index contributed by atoms with van der Waals surface area (Å²) < 4.78 is 25.9. The number of carbonyl (C=O) groups excluding carboxylic acids is 2. The molecule has 1 N–H and O–H groups in total. The lowest BCUT2D eigenvalue weighted by Gasteiger charge is -2.13. The molecule has 0 bridgehead atoms. The summed E-state index contributed by atoms with van der Waals surface area (Å²) >= 11 is 0. The predicted molar refractivity (Wildman–Crippen MR) is 136 cm³/mol. The van der Waals surface area contributed by atoms with Crippen LogP contribution in [0.3, 0.4) is 0 Å². The number of aromatic nitrogens is 1. The van der Waals surface area contributed by atoms with Crippen molar-refractivity contribution >= 4 is 18.2 Å². The number of nitrogens with zero attached hydrogens (tertiary/aromatic N) is 3. The quantitative estimate of drug-likeness (QED) is 0.267. The van der Waals surface area contributed by atoms with Crippen LogP contribution in [-0.4, -0.2) is 60.4 Å². The highest BCUT2D eigenvalue weighted by atomic mass is 19.1. The summed E-state index contributed by atoms with van der Waals surface area (Å²) in [5.74, 6) is -0.514. The van der Waals surface area contributed by atoms with Gasteiger partial charge in [-0.1, -0.05) is 36.9 Å². The number of ether oxygens (including phenoxy) is 2. The third kappa shape index (κ3) is 8.13. The lowest BCUT2D eigenvalue weighted by atomic mass is 10.0. The van der Waals surface area contributed by atoms with E-state index in [1.165, 1.54) is 11.8 Å². The molecule has 0 spiro atoms. The number of hydrogen-bond acceptors (Lipinski definition) is 6. The number of rotatable bonds is 12. The zero-order valence-electron chi connectivity index (χ0n) is 20.4. The number of cyclic esters (lactones) is 1. The Hall–Kier alpha value is -3.85. The first-order valence-electron chi connectivity index (χ1n) is 11.7. The van der Waals surface area contributed by atoms with Gasteiger partial charge in [0.05, 0.1) is 38.5 Å². The minimum atomic E-state index is -0.524. The van der Waals surface area contributed by atoms with Crippen molar-refractivity contribution < 1.29 is 23.5 Å². The van der Waals surface area contributed by atoms with Crippen LogP contribution in [0, 0.1) is 0 Å². The van der Waals surface area contributed by atoms with Crippen LogP contribution in [0.4, 0.5) is 9.18 Å². The Morgan fingerprint density at radius 3 is 3.03 bits per heavy atom. The maximum atomic E-state index is 15.0. The summed E-state index contributed by atoms with van der Waals surface area (Å²) in [4.78, 5) is 33.5. The summed E-state index contributed by atoms with van der Waals surface area (Å²) in [5, 5.41) is 2.64. The van der Waals surface area contributed by atoms with E-state index < -0.39 is 12.2 Å². The summed E-state index contributed by atoms with van der Waals surface area (Å²) in [6.45, 7) is 7.00. The van der Waals surface area contributed by atoms with Gasteiger partial charge in [-0.05, 0) is 23.8 Å². The normalized spacial score (nSPS) is 18.3. The molecule has 0 aromatic carbocycles. The van der Waals surface area contributed by atoms with Crippen LogP contribution in [-0.2, 0) is 20.9 Å². The molecule has 1 unspecified atom stereocenters. The Bertz CT molecular complexity index is 1090. The summed E-state index contributed by atoms with van der Waals surface area (Å²) in [6.07, 6.45) is 11.3. The lowest BCUT2D eigenvalue weighted by molar-refractivity contribution is -0.119. The average molecular weight is 495 g/mol. The molecule has 3 rings (SSSR count). The van der Waals surface area contributed by atoms with Crippen LogP contribution in [0.25, 0.3) is 0 Å². The molecular formula is C27H31FN4O4. The van der Waals surface area contributed by atoms with Gasteiger partial charge >= 0.3 is 6.09 Å². The molecule has 0 radical (unpaired) electrons. The van der Waals surface area contributed by atoms with Crippen molar-refractivity contribution in [3.63, 3.8) is 0 Å². The zero-order chi connectivity index (χ0) is 25.8. The second-order valence-corrected chi connectivity index (χ2v) is 8.13. The van der Waals surface area contributed by atoms with E-state index in [2.05, 4.69) is 21.9 Å². The van der Waals surface area contributed by atoms with E-state index in [-0.39, 0.29) is 31.2 Å². The fourth-order valence-electron chi connectivity index (χ4n) is 3.65. The molecule has 1 aromatic heterocycles. The molecule has 9 heteroatoms. The Balaban J connectivity index is 1.53. The molecule has 1 aliphatic carbocycles. The minimum absolute atomic E-state index is 0.0325. The van der Waals surface area contributed by atoms with E-state index >= 15 is 4.39 Å². The van der Waals surface area contributed by atoms with Crippen LogP contribution in [0.5, 0.6) is 0 Å². The Kier molecular flexibility index (Phi) is 10.3. The number of hydrogen-bond donors (Lipinski definition) is 1. The molecular weight excluding hydrogens is 463 g/mol. The van der Waals surface area contributed by atoms with Crippen LogP contribution < -0.4 is 5.32 Å². The van der Waals surface area contributed by atoms with Crippen LogP contribution in [0.1, 0.15) is 25.5 Å². The first kappa shape index (κ1) is 26.7. The minimum Gasteiger partial charge on any atom is -0.442 e. The number of aliphatic imine (C=N–C) groups is 1. The topological polar surface area (TPSA) is 93.1 Å². The van der Waals surface area contributed by atoms with Crippen LogP contribution >= 0.6 is 0 Å². The van der Waals surface area contributed by atoms with E-state index in [4.69, 9.17) is 9.47 Å². The molecule has 1 fully saturated rings. The van der Waals surface area contributed by atoms with E-state index in [1.54, 1.807) is 42.8 Å². The molecule has 1 aromatic rings. The third-order valence-corrected chi connectivity index (χ3v) is 5.41. The van der Waals surface area contributed by atoms with Gasteiger partial charge in [0.15, 0.2) is 0 Å². The number of nitrogens with one attached hydrogen (secondary N) is 1. The maximum absolute atomic E-state index is 15.0. The first-order chi connectivity index (χ1) is 17.5. The maximum Gasteiger partial charge on any atom is 0.414 e. The fraction of sp³-hybridized carbons (Fsp3) is 0.333. The molecule has 2 amide bonds. The second kappa shape index (κ2) is 13.9. The molecule has 2 aliphatic rings. The molecule has 2 heterocycles. The van der Waals surface area contributed by atoms with Gasteiger partial charge in [0, 0.05) is 43.4 Å². The van der Waals surface area contributed by atoms with Gasteiger partial charge in [-0.3, -0.25) is 19.7 Å². The molecule has 1 saturated heterocycles. The van der Waals surface area contributed by atoms with Crippen molar-refractivity contribution in [1.29, 1.82) is 0 Å². The van der Waals surface area contributed by atoms with Crippen molar-refractivity contribution in [3.8, 4) is 0 Å². The van der Waals surface area contributed by atoms with Gasteiger partial charge in [0.1, 0.15) is 11.9 Å². The Morgan fingerprint density at radius 2 is 2.28 bits per heavy atom. The molecule has 1 atom stereocenters. The van der Waals surface area contributed by atoms with Gasteiger partial charge in [-0.2, -0.15) is 0 Å². The van der Waals surface area contributed by atoms with Crippen LogP contribution in [0.2, 0.25) is 0 Å². The van der Waals surface area contributed by atoms with Gasteiger partial charge in [0.25, 0.3) is 0 Å². The average Bonchev–Trinajstić information content (AvgIpc) is 3.13. The zero-order valence-corrected chi connectivity index (χ0v) is 20.4. The first-order valence-corrected chi connectivity index (χ1v) is 11.7. The smallest absolute Gasteiger partial charge is 0.414 e. The summed E-state index contributed by atoms with van der Waals surface area (Å²) in [7, 11) is 0. The van der Waals surface area contributed by atoms with Crippen molar-refractivity contribution in [2.45, 2.75) is 32.5 Å². The Morgan fingerprint density at radius 1 is 1.42 bits per heavy atom. The highest BCUT2D eigenvalue weighted by Gasteiger charge is 2.33. The van der Waals surface area contributed by atoms with Crippen molar-refractivity contribution in [2.75, 3.05) is 26.2 Å². The van der Waals surface area contributed by atoms with Crippen LogP contribution in [0.15, 0.2) is 89.0 Å². The number of allylic oxidation sites excluding steroid dienone is 8. The molecule has 0 saturated carbocycles.